The van der Waals surface area contributed by atoms with Crippen LogP contribution >= 0.6 is 0 Å². The van der Waals surface area contributed by atoms with Crippen LogP contribution in [0.2, 0.25) is 0 Å². The molecule has 1 aromatic rings. The predicted octanol–water partition coefficient (Wildman–Crippen LogP) is 2.91. The number of nitrogens with one attached hydrogen (secondary N) is 1. The van der Waals surface area contributed by atoms with Crippen molar-refractivity contribution in [1.29, 1.82) is 0 Å². The summed E-state index contributed by atoms with van der Waals surface area (Å²) in [7, 11) is -4.46. The van der Waals surface area contributed by atoms with Crippen molar-refractivity contribution in [2.24, 2.45) is 0 Å². The quantitative estimate of drug-likeness (QED) is 0.299. The molecule has 8 nitrogen and oxygen atoms in total. The van der Waals surface area contributed by atoms with E-state index >= 15 is 0 Å². The Kier molecular flexibility index (Phi) is 10.4. The van der Waals surface area contributed by atoms with Crippen LogP contribution in [-0.4, -0.2) is 34.5 Å². The first-order valence-electron chi connectivity index (χ1n) is 8.69. The van der Waals surface area contributed by atoms with Gasteiger partial charge in [0.1, 0.15) is 12.7 Å². The molecule has 0 atom stereocenters. The monoisotopic (exact) mass is 359 g/mol. The van der Waals surface area contributed by atoms with Gasteiger partial charge in [0, 0.05) is 6.54 Å². The Morgan fingerprint density at radius 2 is 1.46 bits per heavy atom. The number of nitrogens with zero attached hydrogens (tertiary/aromatic N) is 4. The normalized spacial score (nSPS) is 11.6. The van der Waals surface area contributed by atoms with Gasteiger partial charge in [0.2, 0.25) is 0 Å². The Balaban J connectivity index is 2.14. The highest BCUT2D eigenvalue weighted by atomic mass is 32.2. The second kappa shape index (κ2) is 12.1. The molecule has 2 N–H and O–H groups in total. The average molecular weight is 359 g/mol. The fourth-order valence-corrected chi connectivity index (χ4v) is 2.94. The van der Waals surface area contributed by atoms with Crippen molar-refractivity contribution in [2.45, 2.75) is 71.1 Å². The molecule has 0 spiro atoms. The molecule has 0 aromatic carbocycles. The Labute approximate surface area is 145 Å². The van der Waals surface area contributed by atoms with Gasteiger partial charge >= 0.3 is 10.3 Å². The molecule has 138 valence electrons. The van der Waals surface area contributed by atoms with Gasteiger partial charge in [-0.3, -0.25) is 4.55 Å². The number of aromatic nitrogens is 3. The second-order valence-electron chi connectivity index (χ2n) is 5.77. The lowest BCUT2D eigenvalue weighted by Crippen LogP contribution is -2.44. The molecule has 0 amide bonds. The fourth-order valence-electron chi connectivity index (χ4n) is 2.39. The highest BCUT2D eigenvalue weighted by molar-refractivity contribution is 7.87. The van der Waals surface area contributed by atoms with Crippen molar-refractivity contribution in [1.82, 2.24) is 20.4 Å². The number of hydrogen-bond acceptors (Lipinski definition) is 6. The Hall–Kier alpha value is -1.32. The lowest BCUT2D eigenvalue weighted by atomic mass is 10.1. The van der Waals surface area contributed by atoms with Crippen LogP contribution in [0.3, 0.4) is 0 Å². The number of hydrogen-bond donors (Lipinski definition) is 2. The molecule has 0 aliphatic heterocycles. The van der Waals surface area contributed by atoms with E-state index in [2.05, 4.69) is 27.3 Å². The van der Waals surface area contributed by atoms with Gasteiger partial charge in [0.25, 0.3) is 5.95 Å². The van der Waals surface area contributed by atoms with E-state index < -0.39 is 10.3 Å². The fraction of sp³-hybridized carbons (Fsp3) is 0.800. The first-order chi connectivity index (χ1) is 11.6. The summed E-state index contributed by atoms with van der Waals surface area (Å²) in [5.74, 6) is -0.153. The second-order valence-corrected chi connectivity index (χ2v) is 7.03. The molecular weight excluding hydrogens is 330 g/mol. The van der Waals surface area contributed by atoms with Gasteiger partial charge in [-0.1, -0.05) is 64.7 Å². The first kappa shape index (κ1) is 20.7. The summed E-state index contributed by atoms with van der Waals surface area (Å²) in [5.41, 5.74) is 2.64. The molecule has 1 aromatic heterocycles. The smallest absolute Gasteiger partial charge is 0.268 e. The third kappa shape index (κ3) is 9.09. The van der Waals surface area contributed by atoms with Gasteiger partial charge in [-0.15, -0.1) is 4.41 Å². The molecule has 1 rings (SSSR count). The summed E-state index contributed by atoms with van der Waals surface area (Å²) in [6.07, 6.45) is 14.3. The van der Waals surface area contributed by atoms with Crippen LogP contribution in [0.5, 0.6) is 0 Å². The zero-order valence-electron chi connectivity index (χ0n) is 14.4. The Morgan fingerprint density at radius 3 is 1.96 bits per heavy atom. The maximum Gasteiger partial charge on any atom is 0.376 e. The summed E-state index contributed by atoms with van der Waals surface area (Å²) < 4.78 is 32.5. The molecule has 0 aliphatic rings. The van der Waals surface area contributed by atoms with Crippen molar-refractivity contribution in [3.05, 3.63) is 12.7 Å². The summed E-state index contributed by atoms with van der Waals surface area (Å²) in [4.78, 5) is 11.1. The topological polar surface area (TPSA) is 108 Å². The van der Waals surface area contributed by atoms with E-state index in [1.54, 1.807) is 0 Å². The summed E-state index contributed by atoms with van der Waals surface area (Å²) >= 11 is 0. The molecule has 0 unspecified atom stereocenters. The zero-order chi connectivity index (χ0) is 17.7. The van der Waals surface area contributed by atoms with Crippen LogP contribution in [0.15, 0.2) is 12.7 Å². The Bertz CT molecular complexity index is 527. The van der Waals surface area contributed by atoms with Crippen LogP contribution in [0.25, 0.3) is 0 Å². The minimum absolute atomic E-state index is 0.153. The molecule has 0 bridgehead atoms. The molecule has 0 saturated carbocycles. The van der Waals surface area contributed by atoms with Crippen LogP contribution in [0, 0.1) is 0 Å². The van der Waals surface area contributed by atoms with Gasteiger partial charge in [0.15, 0.2) is 0 Å². The van der Waals surface area contributed by atoms with Gasteiger partial charge in [-0.25, -0.2) is 10.4 Å². The van der Waals surface area contributed by atoms with E-state index in [0.29, 0.717) is 11.0 Å². The minimum Gasteiger partial charge on any atom is -0.268 e. The molecule has 1 heterocycles. The van der Waals surface area contributed by atoms with Crippen molar-refractivity contribution in [2.75, 3.05) is 11.0 Å². The van der Waals surface area contributed by atoms with Gasteiger partial charge in [-0.05, 0) is 6.42 Å². The molecular formula is C15H29N5O3S. The van der Waals surface area contributed by atoms with Gasteiger partial charge in [-0.2, -0.15) is 18.4 Å². The highest BCUT2D eigenvalue weighted by Gasteiger charge is 2.21. The van der Waals surface area contributed by atoms with Crippen molar-refractivity contribution >= 4 is 16.3 Å². The maximum absolute atomic E-state index is 11.4. The average Bonchev–Trinajstić information content (AvgIpc) is 2.55. The Morgan fingerprint density at radius 1 is 0.958 bits per heavy atom. The van der Waals surface area contributed by atoms with Gasteiger partial charge < -0.3 is 0 Å². The van der Waals surface area contributed by atoms with Crippen molar-refractivity contribution in [3.63, 3.8) is 0 Å². The SMILES string of the molecule is CCCCCCCCCCCCNN(c1ncncn1)S(=O)(=O)O. The van der Waals surface area contributed by atoms with E-state index in [1.165, 1.54) is 57.6 Å². The van der Waals surface area contributed by atoms with Crippen LogP contribution in [0.1, 0.15) is 71.1 Å². The highest BCUT2D eigenvalue weighted by Crippen LogP contribution is 2.11. The molecule has 9 heteroatoms. The standard InChI is InChI=1S/C15H29N5O3S/c1-2-3-4-5-6-7-8-9-10-11-12-19-20(24(21,22)23)15-17-13-16-14-18-15/h13-14,19H,2-12H2,1H3,(H,21,22,23). The summed E-state index contributed by atoms with van der Waals surface area (Å²) in [6.45, 7) is 2.64. The van der Waals surface area contributed by atoms with E-state index in [0.717, 1.165) is 19.3 Å². The van der Waals surface area contributed by atoms with Gasteiger partial charge in [0.05, 0.1) is 0 Å². The number of rotatable bonds is 14. The number of unbranched alkanes of at least 4 members (excludes halogenated alkanes) is 9. The van der Waals surface area contributed by atoms with Crippen LogP contribution in [0.4, 0.5) is 5.95 Å². The first-order valence-corrected chi connectivity index (χ1v) is 10.1. The van der Waals surface area contributed by atoms with Crippen molar-refractivity contribution in [3.8, 4) is 0 Å². The molecule has 0 fully saturated rings. The van der Waals surface area contributed by atoms with E-state index in [9.17, 15) is 13.0 Å². The zero-order valence-corrected chi connectivity index (χ0v) is 15.2. The van der Waals surface area contributed by atoms with Crippen LogP contribution < -0.4 is 9.84 Å². The minimum atomic E-state index is -4.46. The molecule has 0 radical (unpaired) electrons. The molecule has 0 aliphatic carbocycles. The summed E-state index contributed by atoms with van der Waals surface area (Å²) in [6, 6.07) is 0. The van der Waals surface area contributed by atoms with E-state index in [1.807, 2.05) is 0 Å². The third-order valence-corrected chi connectivity index (χ3v) is 4.43. The van der Waals surface area contributed by atoms with E-state index in [4.69, 9.17) is 0 Å². The van der Waals surface area contributed by atoms with Crippen LogP contribution in [-0.2, 0) is 10.3 Å². The predicted molar refractivity (Wildman–Crippen MR) is 93.7 cm³/mol. The molecule has 24 heavy (non-hydrogen) atoms. The molecule has 0 saturated heterocycles. The number of anilines is 1. The largest absolute Gasteiger partial charge is 0.376 e. The lowest BCUT2D eigenvalue weighted by molar-refractivity contribution is 0.463. The lowest BCUT2D eigenvalue weighted by Gasteiger charge is -2.18. The third-order valence-electron chi connectivity index (χ3n) is 3.68. The maximum atomic E-state index is 11.4. The van der Waals surface area contributed by atoms with E-state index in [-0.39, 0.29) is 5.95 Å². The summed E-state index contributed by atoms with van der Waals surface area (Å²) in [5, 5.41) is 0. The number of hydrazine groups is 1. The van der Waals surface area contributed by atoms with Crippen molar-refractivity contribution < 1.29 is 13.0 Å².